The number of rotatable bonds is 5. The Hall–Kier alpha value is -2.67. The second-order valence-electron chi connectivity index (χ2n) is 4.71. The molecule has 0 atom stereocenters. The Bertz CT molecular complexity index is 629. The molecule has 21 heavy (non-hydrogen) atoms. The van der Waals surface area contributed by atoms with E-state index in [0.29, 0.717) is 25.1 Å². The van der Waals surface area contributed by atoms with E-state index in [2.05, 4.69) is 11.1 Å². The van der Waals surface area contributed by atoms with Crippen LogP contribution in [0.3, 0.4) is 0 Å². The summed E-state index contributed by atoms with van der Waals surface area (Å²) in [6.07, 6.45) is 2.07. The minimum absolute atomic E-state index is 0.0628. The van der Waals surface area contributed by atoms with E-state index in [4.69, 9.17) is 5.26 Å². The molecule has 2 aromatic rings. The molecule has 0 radical (unpaired) electrons. The number of carbonyl (C=O) groups is 1. The zero-order valence-corrected chi connectivity index (χ0v) is 12.0. The Morgan fingerprint density at radius 2 is 2.00 bits per heavy atom. The van der Waals surface area contributed by atoms with Gasteiger partial charge in [0.1, 0.15) is 0 Å². The zero-order chi connectivity index (χ0) is 15.1. The number of nitriles is 1. The van der Waals surface area contributed by atoms with Crippen molar-refractivity contribution in [1.82, 2.24) is 9.88 Å². The van der Waals surface area contributed by atoms with Gasteiger partial charge in [-0.15, -0.1) is 0 Å². The Balaban J connectivity index is 2.01. The van der Waals surface area contributed by atoms with E-state index in [1.54, 1.807) is 23.2 Å². The van der Waals surface area contributed by atoms with Crippen LogP contribution < -0.4 is 0 Å². The molecule has 0 fully saturated rings. The van der Waals surface area contributed by atoms with Crippen LogP contribution in [0.5, 0.6) is 0 Å². The largest absolute Gasteiger partial charge is 0.337 e. The van der Waals surface area contributed by atoms with E-state index in [-0.39, 0.29) is 5.91 Å². The molecule has 0 aliphatic carbocycles. The number of benzene rings is 1. The average molecular weight is 279 g/mol. The van der Waals surface area contributed by atoms with Crippen molar-refractivity contribution < 1.29 is 4.79 Å². The summed E-state index contributed by atoms with van der Waals surface area (Å²) in [5.41, 5.74) is 2.40. The SMILES string of the molecule is CCN(Cc1ccccn1)C(=O)Cc1ccc(C#N)cc1. The molecule has 2 rings (SSSR count). The lowest BCUT2D eigenvalue weighted by atomic mass is 10.1. The van der Waals surface area contributed by atoms with Crippen LogP contribution in [0.25, 0.3) is 0 Å². The van der Waals surface area contributed by atoms with E-state index in [9.17, 15) is 4.79 Å². The molecular formula is C17H17N3O. The Labute approximate surface area is 124 Å². The quantitative estimate of drug-likeness (QED) is 0.845. The van der Waals surface area contributed by atoms with E-state index in [1.165, 1.54) is 0 Å². The molecule has 0 spiro atoms. The molecule has 0 unspecified atom stereocenters. The van der Waals surface area contributed by atoms with Gasteiger partial charge >= 0.3 is 0 Å². The van der Waals surface area contributed by atoms with Crippen LogP contribution >= 0.6 is 0 Å². The second kappa shape index (κ2) is 7.20. The highest BCUT2D eigenvalue weighted by molar-refractivity contribution is 5.78. The molecule has 1 amide bonds. The van der Waals surface area contributed by atoms with Gasteiger partial charge in [-0.05, 0) is 36.8 Å². The van der Waals surface area contributed by atoms with Crippen molar-refractivity contribution in [3.63, 3.8) is 0 Å². The summed E-state index contributed by atoms with van der Waals surface area (Å²) in [6.45, 7) is 3.12. The third-order valence-corrected chi connectivity index (χ3v) is 3.25. The van der Waals surface area contributed by atoms with Gasteiger partial charge in [-0.3, -0.25) is 9.78 Å². The minimum atomic E-state index is 0.0628. The Morgan fingerprint density at radius 1 is 1.24 bits per heavy atom. The molecule has 1 aromatic carbocycles. The van der Waals surface area contributed by atoms with Crippen LogP contribution in [0.2, 0.25) is 0 Å². The van der Waals surface area contributed by atoms with Gasteiger partial charge in [-0.2, -0.15) is 5.26 Å². The lowest BCUT2D eigenvalue weighted by molar-refractivity contribution is -0.130. The Morgan fingerprint density at radius 3 is 2.57 bits per heavy atom. The standard InChI is InChI=1S/C17H17N3O/c1-2-20(13-16-5-3-4-10-19-16)17(21)11-14-6-8-15(12-18)9-7-14/h3-10H,2,11,13H2,1H3. The fourth-order valence-corrected chi connectivity index (χ4v) is 2.05. The molecule has 4 nitrogen and oxygen atoms in total. The fraction of sp³-hybridized carbons (Fsp3) is 0.235. The van der Waals surface area contributed by atoms with Crippen molar-refractivity contribution in [1.29, 1.82) is 5.26 Å². The summed E-state index contributed by atoms with van der Waals surface area (Å²) in [5.74, 6) is 0.0628. The molecule has 0 N–H and O–H groups in total. The molecule has 4 heteroatoms. The van der Waals surface area contributed by atoms with Gasteiger partial charge < -0.3 is 4.90 Å². The third kappa shape index (κ3) is 4.15. The summed E-state index contributed by atoms with van der Waals surface area (Å²) >= 11 is 0. The first kappa shape index (κ1) is 14.7. The van der Waals surface area contributed by atoms with Gasteiger partial charge in [0.25, 0.3) is 0 Å². The number of likely N-dealkylation sites (N-methyl/N-ethyl adjacent to an activating group) is 1. The number of pyridine rings is 1. The van der Waals surface area contributed by atoms with Crippen molar-refractivity contribution in [2.45, 2.75) is 19.9 Å². The highest BCUT2D eigenvalue weighted by Gasteiger charge is 2.13. The van der Waals surface area contributed by atoms with Crippen LogP contribution in [-0.4, -0.2) is 22.3 Å². The highest BCUT2D eigenvalue weighted by atomic mass is 16.2. The topological polar surface area (TPSA) is 57.0 Å². The first-order valence-corrected chi connectivity index (χ1v) is 6.89. The van der Waals surface area contributed by atoms with Crippen LogP contribution in [0.1, 0.15) is 23.7 Å². The molecular weight excluding hydrogens is 262 g/mol. The van der Waals surface area contributed by atoms with Gasteiger partial charge in [-0.1, -0.05) is 18.2 Å². The van der Waals surface area contributed by atoms with Gasteiger partial charge in [0.15, 0.2) is 0 Å². The van der Waals surface area contributed by atoms with Gasteiger partial charge in [0.2, 0.25) is 5.91 Å². The van der Waals surface area contributed by atoms with E-state index in [1.807, 2.05) is 37.3 Å². The van der Waals surface area contributed by atoms with Crippen molar-refractivity contribution in [3.05, 3.63) is 65.5 Å². The maximum atomic E-state index is 12.3. The number of nitrogens with zero attached hydrogens (tertiary/aromatic N) is 3. The predicted octanol–water partition coefficient (Wildman–Crippen LogP) is 2.54. The van der Waals surface area contributed by atoms with Crippen molar-refractivity contribution >= 4 is 5.91 Å². The fourth-order valence-electron chi connectivity index (χ4n) is 2.05. The second-order valence-corrected chi connectivity index (χ2v) is 4.71. The van der Waals surface area contributed by atoms with Gasteiger partial charge in [0.05, 0.1) is 30.3 Å². The first-order chi connectivity index (χ1) is 10.2. The maximum absolute atomic E-state index is 12.3. The molecule has 0 bridgehead atoms. The van der Waals surface area contributed by atoms with Crippen LogP contribution in [0.4, 0.5) is 0 Å². The van der Waals surface area contributed by atoms with Gasteiger partial charge in [0, 0.05) is 12.7 Å². The number of carbonyl (C=O) groups excluding carboxylic acids is 1. The zero-order valence-electron chi connectivity index (χ0n) is 12.0. The lowest BCUT2D eigenvalue weighted by Gasteiger charge is -2.20. The molecule has 0 aliphatic heterocycles. The monoisotopic (exact) mass is 279 g/mol. The van der Waals surface area contributed by atoms with Crippen LogP contribution in [0.15, 0.2) is 48.7 Å². The summed E-state index contributed by atoms with van der Waals surface area (Å²) in [4.78, 5) is 18.4. The lowest BCUT2D eigenvalue weighted by Crippen LogP contribution is -2.31. The summed E-state index contributed by atoms with van der Waals surface area (Å²) in [5, 5.41) is 8.77. The van der Waals surface area contributed by atoms with E-state index < -0.39 is 0 Å². The normalized spacial score (nSPS) is 9.90. The van der Waals surface area contributed by atoms with Crippen LogP contribution in [0, 0.1) is 11.3 Å². The molecule has 1 heterocycles. The molecule has 0 saturated heterocycles. The smallest absolute Gasteiger partial charge is 0.227 e. The molecule has 0 saturated carbocycles. The number of aromatic nitrogens is 1. The summed E-state index contributed by atoms with van der Waals surface area (Å²) in [6, 6.07) is 14.9. The minimum Gasteiger partial charge on any atom is -0.337 e. The highest BCUT2D eigenvalue weighted by Crippen LogP contribution is 2.08. The van der Waals surface area contributed by atoms with Crippen LogP contribution in [-0.2, 0) is 17.8 Å². The number of hydrogen-bond acceptors (Lipinski definition) is 3. The van der Waals surface area contributed by atoms with Crippen molar-refractivity contribution in [3.8, 4) is 6.07 Å². The summed E-state index contributed by atoms with van der Waals surface area (Å²) < 4.78 is 0. The number of amides is 1. The number of hydrogen-bond donors (Lipinski definition) is 0. The molecule has 0 aliphatic rings. The van der Waals surface area contributed by atoms with Gasteiger partial charge in [-0.25, -0.2) is 0 Å². The molecule has 106 valence electrons. The predicted molar refractivity (Wildman–Crippen MR) is 80.2 cm³/mol. The Kier molecular flexibility index (Phi) is 5.05. The van der Waals surface area contributed by atoms with E-state index in [0.717, 1.165) is 11.3 Å². The average Bonchev–Trinajstić information content (AvgIpc) is 2.54. The maximum Gasteiger partial charge on any atom is 0.227 e. The first-order valence-electron chi connectivity index (χ1n) is 6.89. The summed E-state index contributed by atoms with van der Waals surface area (Å²) in [7, 11) is 0. The van der Waals surface area contributed by atoms with Crippen molar-refractivity contribution in [2.24, 2.45) is 0 Å². The molecule has 1 aromatic heterocycles. The van der Waals surface area contributed by atoms with Crippen molar-refractivity contribution in [2.75, 3.05) is 6.54 Å². The van der Waals surface area contributed by atoms with E-state index >= 15 is 0 Å². The third-order valence-electron chi connectivity index (χ3n) is 3.25.